The third-order valence-electron chi connectivity index (χ3n) is 3.00. The third kappa shape index (κ3) is 3.66. The molecule has 1 saturated heterocycles. The van der Waals surface area contributed by atoms with Crippen molar-refractivity contribution in [3.05, 3.63) is 29.6 Å². The van der Waals surface area contributed by atoms with Crippen molar-refractivity contribution in [2.75, 3.05) is 25.1 Å². The molecule has 0 radical (unpaired) electrons. The number of nitriles is 1. The van der Waals surface area contributed by atoms with Gasteiger partial charge in [0.15, 0.2) is 0 Å². The van der Waals surface area contributed by atoms with E-state index in [1.165, 1.54) is 6.07 Å². The first kappa shape index (κ1) is 13.8. The second-order valence-corrected chi connectivity index (χ2v) is 4.64. The van der Waals surface area contributed by atoms with Crippen LogP contribution >= 0.6 is 0 Å². The van der Waals surface area contributed by atoms with Crippen LogP contribution in [0.25, 0.3) is 0 Å². The van der Waals surface area contributed by atoms with Gasteiger partial charge in [0, 0.05) is 12.6 Å². The van der Waals surface area contributed by atoms with E-state index < -0.39 is 5.82 Å². The number of nitrogens with zero attached hydrogens (tertiary/aromatic N) is 1. The molecule has 4 nitrogen and oxygen atoms in total. The minimum atomic E-state index is -0.509. The first-order valence-corrected chi connectivity index (χ1v) is 6.35. The van der Waals surface area contributed by atoms with E-state index in [0.29, 0.717) is 18.9 Å². The minimum absolute atomic E-state index is 0.00509. The van der Waals surface area contributed by atoms with Gasteiger partial charge in [-0.1, -0.05) is 6.07 Å². The fraction of sp³-hybridized carbons (Fsp3) is 0.500. The number of rotatable bonds is 5. The molecule has 1 aliphatic rings. The van der Waals surface area contributed by atoms with Crippen molar-refractivity contribution in [1.82, 2.24) is 0 Å². The van der Waals surface area contributed by atoms with Gasteiger partial charge in [0.05, 0.1) is 25.0 Å². The van der Waals surface area contributed by atoms with E-state index in [0.717, 1.165) is 13.0 Å². The minimum Gasteiger partial charge on any atom is -0.379 e. The molecule has 0 spiro atoms. The highest BCUT2D eigenvalue weighted by Gasteiger charge is 2.17. The summed E-state index contributed by atoms with van der Waals surface area (Å²) in [7, 11) is 0. The summed E-state index contributed by atoms with van der Waals surface area (Å²) in [5, 5.41) is 12.0. The van der Waals surface area contributed by atoms with Crippen molar-refractivity contribution in [2.45, 2.75) is 25.5 Å². The lowest BCUT2D eigenvalue weighted by Gasteiger charge is -2.18. The van der Waals surface area contributed by atoms with Crippen LogP contribution in [-0.2, 0) is 9.47 Å². The summed E-state index contributed by atoms with van der Waals surface area (Å²) < 4.78 is 24.3. The molecule has 1 N–H and O–H groups in total. The number of hydrogen-bond donors (Lipinski definition) is 1. The van der Waals surface area contributed by atoms with Crippen LogP contribution in [0.15, 0.2) is 18.2 Å². The van der Waals surface area contributed by atoms with Gasteiger partial charge < -0.3 is 14.8 Å². The SMILES string of the molecule is CC(COC1CCOC1)Nc1cccc(F)c1C#N. The lowest BCUT2D eigenvalue weighted by molar-refractivity contribution is 0.0395. The lowest BCUT2D eigenvalue weighted by Crippen LogP contribution is -2.26. The van der Waals surface area contributed by atoms with Crippen LogP contribution in [0, 0.1) is 17.1 Å². The number of anilines is 1. The van der Waals surface area contributed by atoms with Crippen LogP contribution in [-0.4, -0.2) is 32.0 Å². The normalized spacial score (nSPS) is 19.9. The molecule has 2 atom stereocenters. The summed E-state index contributed by atoms with van der Waals surface area (Å²) in [6, 6.07) is 6.41. The average Bonchev–Trinajstić information content (AvgIpc) is 2.90. The summed E-state index contributed by atoms with van der Waals surface area (Å²) in [6.07, 6.45) is 1.06. The Kier molecular flexibility index (Phi) is 4.72. The Hall–Kier alpha value is -1.64. The first-order chi connectivity index (χ1) is 9.20. The molecule has 0 aromatic heterocycles. The monoisotopic (exact) mass is 264 g/mol. The molecule has 0 aliphatic carbocycles. The van der Waals surface area contributed by atoms with Gasteiger partial charge in [-0.05, 0) is 25.5 Å². The molecule has 1 aromatic carbocycles. The summed E-state index contributed by atoms with van der Waals surface area (Å²) >= 11 is 0. The molecule has 2 unspecified atom stereocenters. The number of halogens is 1. The fourth-order valence-corrected chi connectivity index (χ4v) is 1.99. The highest BCUT2D eigenvalue weighted by molar-refractivity contribution is 5.58. The zero-order chi connectivity index (χ0) is 13.7. The average molecular weight is 264 g/mol. The van der Waals surface area contributed by atoms with E-state index in [2.05, 4.69) is 5.32 Å². The standard InChI is InChI=1S/C14H17FN2O2/c1-10(8-19-11-5-6-18-9-11)17-14-4-2-3-13(15)12(14)7-16/h2-4,10-11,17H,5-6,8-9H2,1H3. The van der Waals surface area contributed by atoms with E-state index >= 15 is 0 Å². The Labute approximate surface area is 112 Å². The summed E-state index contributed by atoms with van der Waals surface area (Å²) in [5.74, 6) is -0.509. The van der Waals surface area contributed by atoms with Crippen LogP contribution in [0.4, 0.5) is 10.1 Å². The van der Waals surface area contributed by atoms with E-state index in [-0.39, 0.29) is 17.7 Å². The topological polar surface area (TPSA) is 54.3 Å². The summed E-state index contributed by atoms with van der Waals surface area (Å²) in [5.41, 5.74) is 0.542. The van der Waals surface area contributed by atoms with Gasteiger partial charge in [-0.3, -0.25) is 0 Å². The molecule has 1 fully saturated rings. The van der Waals surface area contributed by atoms with Crippen LogP contribution in [0.5, 0.6) is 0 Å². The van der Waals surface area contributed by atoms with Crippen molar-refractivity contribution in [3.8, 4) is 6.07 Å². The maximum absolute atomic E-state index is 13.4. The maximum atomic E-state index is 13.4. The van der Waals surface area contributed by atoms with Crippen molar-refractivity contribution < 1.29 is 13.9 Å². The largest absolute Gasteiger partial charge is 0.379 e. The van der Waals surface area contributed by atoms with Gasteiger partial charge in [0.25, 0.3) is 0 Å². The van der Waals surface area contributed by atoms with Gasteiger partial charge in [-0.15, -0.1) is 0 Å². The van der Waals surface area contributed by atoms with Gasteiger partial charge in [0.2, 0.25) is 0 Å². The van der Waals surface area contributed by atoms with Gasteiger partial charge in [0.1, 0.15) is 17.4 Å². The zero-order valence-electron chi connectivity index (χ0n) is 10.9. The molecule has 19 heavy (non-hydrogen) atoms. The zero-order valence-corrected chi connectivity index (χ0v) is 10.9. The second kappa shape index (κ2) is 6.50. The quantitative estimate of drug-likeness (QED) is 0.886. The molecule has 1 heterocycles. The highest BCUT2D eigenvalue weighted by atomic mass is 19.1. The number of benzene rings is 1. The van der Waals surface area contributed by atoms with Crippen molar-refractivity contribution >= 4 is 5.69 Å². The summed E-state index contributed by atoms with van der Waals surface area (Å²) in [4.78, 5) is 0. The number of ether oxygens (including phenoxy) is 2. The fourth-order valence-electron chi connectivity index (χ4n) is 1.99. The molecule has 1 aromatic rings. The van der Waals surface area contributed by atoms with E-state index in [1.807, 2.05) is 13.0 Å². The van der Waals surface area contributed by atoms with Gasteiger partial charge in [-0.2, -0.15) is 5.26 Å². The van der Waals surface area contributed by atoms with E-state index in [4.69, 9.17) is 14.7 Å². The number of hydrogen-bond acceptors (Lipinski definition) is 4. The molecule has 0 bridgehead atoms. The predicted octanol–water partition coefficient (Wildman–Crippen LogP) is 2.30. The van der Waals surface area contributed by atoms with Crippen LogP contribution < -0.4 is 5.32 Å². The Morgan fingerprint density at radius 1 is 1.63 bits per heavy atom. The maximum Gasteiger partial charge on any atom is 0.143 e. The first-order valence-electron chi connectivity index (χ1n) is 6.35. The molecule has 0 amide bonds. The van der Waals surface area contributed by atoms with Crippen LogP contribution in [0.3, 0.4) is 0 Å². The van der Waals surface area contributed by atoms with Crippen LogP contribution in [0.1, 0.15) is 18.9 Å². The van der Waals surface area contributed by atoms with Gasteiger partial charge in [-0.25, -0.2) is 4.39 Å². The molecule has 1 aliphatic heterocycles. The Bertz CT molecular complexity index is 467. The van der Waals surface area contributed by atoms with E-state index in [9.17, 15) is 4.39 Å². The lowest BCUT2D eigenvalue weighted by atomic mass is 10.1. The predicted molar refractivity (Wildman–Crippen MR) is 69.4 cm³/mol. The molecule has 5 heteroatoms. The smallest absolute Gasteiger partial charge is 0.143 e. The number of nitrogens with one attached hydrogen (secondary N) is 1. The molecule has 102 valence electrons. The third-order valence-corrected chi connectivity index (χ3v) is 3.00. The Morgan fingerprint density at radius 2 is 2.47 bits per heavy atom. The van der Waals surface area contributed by atoms with Crippen molar-refractivity contribution in [3.63, 3.8) is 0 Å². The molecular formula is C14H17FN2O2. The Balaban J connectivity index is 1.89. The molecular weight excluding hydrogens is 247 g/mol. The van der Waals surface area contributed by atoms with Crippen molar-refractivity contribution in [1.29, 1.82) is 5.26 Å². The Morgan fingerprint density at radius 3 is 3.16 bits per heavy atom. The molecule has 2 rings (SSSR count). The summed E-state index contributed by atoms with van der Waals surface area (Å²) in [6.45, 7) is 3.81. The highest BCUT2D eigenvalue weighted by Crippen LogP contribution is 2.19. The van der Waals surface area contributed by atoms with Crippen LogP contribution in [0.2, 0.25) is 0 Å². The van der Waals surface area contributed by atoms with Gasteiger partial charge >= 0.3 is 0 Å². The second-order valence-electron chi connectivity index (χ2n) is 4.64. The molecule has 0 saturated carbocycles. The van der Waals surface area contributed by atoms with Crippen molar-refractivity contribution in [2.24, 2.45) is 0 Å². The van der Waals surface area contributed by atoms with E-state index in [1.54, 1.807) is 12.1 Å².